The highest BCUT2D eigenvalue weighted by Crippen LogP contribution is 2.29. The Morgan fingerprint density at radius 3 is 3.06 bits per heavy atom. The van der Waals surface area contributed by atoms with E-state index >= 15 is 0 Å². The van der Waals surface area contributed by atoms with Gasteiger partial charge in [0, 0.05) is 24.8 Å². The number of nitrogens with one attached hydrogen (secondary N) is 1. The van der Waals surface area contributed by atoms with Crippen LogP contribution in [-0.4, -0.2) is 25.7 Å². The van der Waals surface area contributed by atoms with E-state index in [9.17, 15) is 0 Å². The molecule has 2 heterocycles. The molecule has 0 bridgehead atoms. The Labute approximate surface area is 110 Å². The molecule has 0 radical (unpaired) electrons. The van der Waals surface area contributed by atoms with Crippen LogP contribution >= 0.6 is 0 Å². The number of aryl methyl sites for hydroxylation is 2. The molecule has 2 unspecified atom stereocenters. The highest BCUT2D eigenvalue weighted by Gasteiger charge is 2.26. The topological polar surface area (TPSA) is 15.3 Å². The van der Waals surface area contributed by atoms with Crippen molar-refractivity contribution in [3.05, 3.63) is 29.3 Å². The molecule has 18 heavy (non-hydrogen) atoms. The molecule has 0 saturated carbocycles. The summed E-state index contributed by atoms with van der Waals surface area (Å²) >= 11 is 0. The quantitative estimate of drug-likeness (QED) is 0.860. The smallest absolute Gasteiger partial charge is 0.0399 e. The molecule has 0 amide bonds. The Bertz CT molecular complexity index is 427. The van der Waals surface area contributed by atoms with Crippen LogP contribution in [0.2, 0.25) is 0 Å². The summed E-state index contributed by atoms with van der Waals surface area (Å²) in [6.45, 7) is 8.17. The number of rotatable bonds is 2. The molecule has 1 aromatic rings. The first-order valence-corrected chi connectivity index (χ1v) is 7.32. The lowest BCUT2D eigenvalue weighted by atomic mass is 9.97. The molecule has 2 aliphatic rings. The summed E-state index contributed by atoms with van der Waals surface area (Å²) in [4.78, 5) is 2.60. The minimum absolute atomic E-state index is 0.678. The van der Waals surface area contributed by atoms with E-state index in [4.69, 9.17) is 0 Å². The van der Waals surface area contributed by atoms with Gasteiger partial charge in [0.1, 0.15) is 0 Å². The van der Waals surface area contributed by atoms with E-state index in [-0.39, 0.29) is 0 Å². The zero-order chi connectivity index (χ0) is 12.5. The van der Waals surface area contributed by atoms with E-state index in [1.54, 1.807) is 5.56 Å². The summed E-state index contributed by atoms with van der Waals surface area (Å²) in [6, 6.07) is 7.62. The van der Waals surface area contributed by atoms with Gasteiger partial charge in [0.2, 0.25) is 0 Å². The number of hydrogen-bond acceptors (Lipinski definition) is 2. The van der Waals surface area contributed by atoms with Crippen LogP contribution < -0.4 is 10.2 Å². The molecule has 1 fully saturated rings. The molecule has 0 aliphatic carbocycles. The van der Waals surface area contributed by atoms with Gasteiger partial charge in [-0.2, -0.15) is 0 Å². The molecule has 2 nitrogen and oxygen atoms in total. The van der Waals surface area contributed by atoms with Crippen molar-refractivity contribution < 1.29 is 0 Å². The molecule has 2 heteroatoms. The van der Waals surface area contributed by atoms with Crippen LogP contribution in [0, 0.1) is 12.8 Å². The Balaban J connectivity index is 1.78. The predicted octanol–water partition coefficient (Wildman–Crippen LogP) is 2.75. The zero-order valence-electron chi connectivity index (χ0n) is 11.6. The monoisotopic (exact) mass is 244 g/mol. The highest BCUT2D eigenvalue weighted by atomic mass is 15.2. The largest absolute Gasteiger partial charge is 0.370 e. The molecule has 98 valence electrons. The summed E-state index contributed by atoms with van der Waals surface area (Å²) in [7, 11) is 0. The zero-order valence-corrected chi connectivity index (χ0v) is 11.6. The molecular formula is C16H24N2. The van der Waals surface area contributed by atoms with Crippen molar-refractivity contribution in [2.45, 2.75) is 39.2 Å². The van der Waals surface area contributed by atoms with Crippen molar-refractivity contribution in [2.24, 2.45) is 5.92 Å². The Morgan fingerprint density at radius 1 is 1.39 bits per heavy atom. The van der Waals surface area contributed by atoms with Gasteiger partial charge in [-0.05, 0) is 50.3 Å². The predicted molar refractivity (Wildman–Crippen MR) is 77.3 cm³/mol. The van der Waals surface area contributed by atoms with Gasteiger partial charge in [0.25, 0.3) is 0 Å². The van der Waals surface area contributed by atoms with Gasteiger partial charge < -0.3 is 10.2 Å². The van der Waals surface area contributed by atoms with Gasteiger partial charge in [-0.3, -0.25) is 0 Å². The molecule has 2 atom stereocenters. The van der Waals surface area contributed by atoms with Gasteiger partial charge in [-0.25, -0.2) is 0 Å². The lowest BCUT2D eigenvalue weighted by molar-refractivity contribution is 0.469. The fourth-order valence-corrected chi connectivity index (χ4v) is 3.37. The number of fused-ring (bicyclic) bond motifs is 1. The number of benzene rings is 1. The van der Waals surface area contributed by atoms with Crippen LogP contribution in [0.4, 0.5) is 5.69 Å². The molecule has 1 N–H and O–H groups in total. The summed E-state index contributed by atoms with van der Waals surface area (Å²) in [5.74, 6) is 0.820. The Kier molecular flexibility index (Phi) is 3.29. The maximum Gasteiger partial charge on any atom is 0.0399 e. The van der Waals surface area contributed by atoms with Crippen molar-refractivity contribution in [1.29, 1.82) is 0 Å². The normalized spacial score (nSPS) is 27.3. The number of nitrogens with zero attached hydrogens (tertiary/aromatic N) is 1. The van der Waals surface area contributed by atoms with E-state index in [1.165, 1.54) is 50.1 Å². The SMILES string of the molecule is Cc1ccc2c(c1)CCCN2CC1NCCC1C. The first kappa shape index (κ1) is 12.0. The minimum Gasteiger partial charge on any atom is -0.370 e. The third-order valence-electron chi connectivity index (χ3n) is 4.56. The fourth-order valence-electron chi connectivity index (χ4n) is 3.37. The summed E-state index contributed by atoms with van der Waals surface area (Å²) in [5.41, 5.74) is 4.42. The van der Waals surface area contributed by atoms with Crippen molar-refractivity contribution >= 4 is 5.69 Å². The van der Waals surface area contributed by atoms with Gasteiger partial charge in [-0.15, -0.1) is 0 Å². The van der Waals surface area contributed by atoms with Crippen LogP contribution in [0.3, 0.4) is 0 Å². The maximum absolute atomic E-state index is 3.65. The lowest BCUT2D eigenvalue weighted by Crippen LogP contribution is -2.42. The van der Waals surface area contributed by atoms with E-state index in [0.29, 0.717) is 6.04 Å². The van der Waals surface area contributed by atoms with E-state index in [2.05, 4.69) is 42.3 Å². The highest BCUT2D eigenvalue weighted by molar-refractivity contribution is 5.56. The van der Waals surface area contributed by atoms with Gasteiger partial charge in [0.05, 0.1) is 0 Å². The number of anilines is 1. The Hall–Kier alpha value is -1.02. The van der Waals surface area contributed by atoms with E-state index in [1.807, 2.05) is 0 Å². The second-order valence-corrected chi connectivity index (χ2v) is 6.01. The molecule has 0 aromatic heterocycles. The second-order valence-electron chi connectivity index (χ2n) is 6.01. The Morgan fingerprint density at radius 2 is 2.28 bits per heavy atom. The second kappa shape index (κ2) is 4.93. The molecule has 1 aromatic carbocycles. The van der Waals surface area contributed by atoms with Crippen molar-refractivity contribution in [2.75, 3.05) is 24.5 Å². The van der Waals surface area contributed by atoms with Gasteiger partial charge in [-0.1, -0.05) is 24.6 Å². The molecule has 3 rings (SSSR count). The molecule has 1 saturated heterocycles. The van der Waals surface area contributed by atoms with Crippen molar-refractivity contribution in [3.63, 3.8) is 0 Å². The third-order valence-corrected chi connectivity index (χ3v) is 4.56. The summed E-state index contributed by atoms with van der Waals surface area (Å²) in [6.07, 6.45) is 3.89. The third kappa shape index (κ3) is 2.26. The van der Waals surface area contributed by atoms with Gasteiger partial charge in [0.15, 0.2) is 0 Å². The van der Waals surface area contributed by atoms with Crippen LogP contribution in [0.15, 0.2) is 18.2 Å². The van der Waals surface area contributed by atoms with E-state index < -0.39 is 0 Å². The van der Waals surface area contributed by atoms with E-state index in [0.717, 1.165) is 5.92 Å². The fraction of sp³-hybridized carbons (Fsp3) is 0.625. The van der Waals surface area contributed by atoms with Crippen molar-refractivity contribution in [3.8, 4) is 0 Å². The van der Waals surface area contributed by atoms with Crippen LogP contribution in [0.25, 0.3) is 0 Å². The standard InChI is InChI=1S/C16H24N2/c1-12-5-6-16-14(10-12)4-3-9-18(16)11-15-13(2)7-8-17-15/h5-6,10,13,15,17H,3-4,7-9,11H2,1-2H3. The first-order chi connectivity index (χ1) is 8.74. The molecular weight excluding hydrogens is 220 g/mol. The lowest BCUT2D eigenvalue weighted by Gasteiger charge is -2.34. The first-order valence-electron chi connectivity index (χ1n) is 7.32. The average Bonchev–Trinajstić information content (AvgIpc) is 2.75. The van der Waals surface area contributed by atoms with Crippen molar-refractivity contribution in [1.82, 2.24) is 5.32 Å². The summed E-state index contributed by atoms with van der Waals surface area (Å²) in [5, 5.41) is 3.65. The van der Waals surface area contributed by atoms with Crippen LogP contribution in [0.1, 0.15) is 30.9 Å². The van der Waals surface area contributed by atoms with Gasteiger partial charge >= 0.3 is 0 Å². The number of hydrogen-bond donors (Lipinski definition) is 1. The van der Waals surface area contributed by atoms with Crippen LogP contribution in [-0.2, 0) is 6.42 Å². The minimum atomic E-state index is 0.678. The van der Waals surface area contributed by atoms with Crippen LogP contribution in [0.5, 0.6) is 0 Å². The molecule has 0 spiro atoms. The average molecular weight is 244 g/mol. The summed E-state index contributed by atoms with van der Waals surface area (Å²) < 4.78 is 0. The maximum atomic E-state index is 3.65. The molecule has 2 aliphatic heterocycles.